The Morgan fingerprint density at radius 1 is 1.32 bits per heavy atom. The molecule has 0 unspecified atom stereocenters. The van der Waals surface area contributed by atoms with E-state index in [0.717, 1.165) is 18.5 Å². The summed E-state index contributed by atoms with van der Waals surface area (Å²) in [4.78, 5) is 8.42. The predicted octanol–water partition coefficient (Wildman–Crippen LogP) is 3.72. The van der Waals surface area contributed by atoms with Gasteiger partial charge in [-0.1, -0.05) is 26.2 Å². The lowest BCUT2D eigenvalue weighted by Crippen LogP contribution is -2.07. The van der Waals surface area contributed by atoms with Crippen molar-refractivity contribution < 1.29 is 12.8 Å². The highest BCUT2D eigenvalue weighted by atomic mass is 32.2. The third-order valence-electron chi connectivity index (χ3n) is 4.05. The van der Waals surface area contributed by atoms with Crippen molar-refractivity contribution >= 4 is 21.2 Å². The van der Waals surface area contributed by atoms with Gasteiger partial charge in [-0.2, -0.15) is 0 Å². The molecule has 0 radical (unpaired) electrons. The summed E-state index contributed by atoms with van der Waals surface area (Å²) < 4.78 is 30.5. The van der Waals surface area contributed by atoms with Gasteiger partial charge < -0.3 is 4.42 Å². The largest absolute Gasteiger partial charge is 0.445 e. The Morgan fingerprint density at radius 2 is 2.09 bits per heavy atom. The first-order valence-electron chi connectivity index (χ1n) is 7.70. The fourth-order valence-corrected chi connectivity index (χ4v) is 5.16. The molecule has 2 aromatic heterocycles. The Labute approximate surface area is 134 Å². The molecule has 0 saturated heterocycles. The van der Waals surface area contributed by atoms with E-state index in [1.54, 1.807) is 6.20 Å². The van der Waals surface area contributed by atoms with Crippen LogP contribution in [0.1, 0.15) is 62.3 Å². The standard InChI is InChI=1S/C15H20N2O3S2/c1-2-12-8-16-14(20-12)10-22(18,19)15-17-13(9-21-15)11-6-4-3-5-7-11/h8-9,11H,2-7,10H2,1H3. The second kappa shape index (κ2) is 6.50. The van der Waals surface area contributed by atoms with Crippen LogP contribution in [-0.4, -0.2) is 18.4 Å². The zero-order valence-corrected chi connectivity index (χ0v) is 14.3. The summed E-state index contributed by atoms with van der Waals surface area (Å²) in [5, 5.41) is 1.90. The molecule has 0 spiro atoms. The van der Waals surface area contributed by atoms with Crippen molar-refractivity contribution in [2.45, 2.75) is 61.5 Å². The van der Waals surface area contributed by atoms with Crippen LogP contribution in [0.5, 0.6) is 0 Å². The normalized spacial score (nSPS) is 17.0. The van der Waals surface area contributed by atoms with Crippen LogP contribution in [0.2, 0.25) is 0 Å². The van der Waals surface area contributed by atoms with Crippen molar-refractivity contribution in [2.75, 3.05) is 0 Å². The van der Waals surface area contributed by atoms with Crippen LogP contribution in [0.3, 0.4) is 0 Å². The van der Waals surface area contributed by atoms with E-state index >= 15 is 0 Å². The molecule has 3 rings (SSSR count). The van der Waals surface area contributed by atoms with Crippen molar-refractivity contribution in [3.8, 4) is 0 Å². The maximum absolute atomic E-state index is 12.4. The quantitative estimate of drug-likeness (QED) is 0.829. The number of rotatable bonds is 5. The van der Waals surface area contributed by atoms with Crippen LogP contribution in [0.4, 0.5) is 0 Å². The van der Waals surface area contributed by atoms with Crippen LogP contribution >= 0.6 is 11.3 Å². The van der Waals surface area contributed by atoms with Crippen molar-refractivity contribution in [3.05, 3.63) is 28.9 Å². The van der Waals surface area contributed by atoms with Crippen molar-refractivity contribution in [1.29, 1.82) is 0 Å². The van der Waals surface area contributed by atoms with E-state index < -0.39 is 9.84 Å². The minimum absolute atomic E-state index is 0.185. The van der Waals surface area contributed by atoms with Gasteiger partial charge in [-0.3, -0.25) is 0 Å². The molecule has 5 nitrogen and oxygen atoms in total. The van der Waals surface area contributed by atoms with Crippen LogP contribution < -0.4 is 0 Å². The molecule has 2 aromatic rings. The van der Waals surface area contributed by atoms with E-state index in [0.29, 0.717) is 18.1 Å². The Bertz CT molecular complexity index is 728. The monoisotopic (exact) mass is 340 g/mol. The van der Waals surface area contributed by atoms with Crippen molar-refractivity contribution in [3.63, 3.8) is 0 Å². The zero-order valence-electron chi connectivity index (χ0n) is 12.6. The third kappa shape index (κ3) is 3.41. The van der Waals surface area contributed by atoms with Crippen molar-refractivity contribution in [2.24, 2.45) is 0 Å². The molecule has 1 aliphatic carbocycles. The molecule has 1 aliphatic rings. The van der Waals surface area contributed by atoms with Gasteiger partial charge in [0, 0.05) is 17.7 Å². The van der Waals surface area contributed by atoms with Gasteiger partial charge in [0.05, 0.1) is 11.9 Å². The lowest BCUT2D eigenvalue weighted by Gasteiger charge is -2.19. The Kier molecular flexibility index (Phi) is 4.63. The summed E-state index contributed by atoms with van der Waals surface area (Å²) in [6, 6.07) is 0. The van der Waals surface area contributed by atoms with Gasteiger partial charge in [-0.15, -0.1) is 11.3 Å². The van der Waals surface area contributed by atoms with Gasteiger partial charge in [0.15, 0.2) is 0 Å². The maximum atomic E-state index is 12.4. The SMILES string of the molecule is CCc1cnc(CS(=O)(=O)c2nc(C3CCCCC3)cs2)o1. The van der Waals surface area contributed by atoms with Gasteiger partial charge in [0.25, 0.3) is 0 Å². The molecule has 0 aliphatic heterocycles. The lowest BCUT2D eigenvalue weighted by atomic mass is 9.87. The highest BCUT2D eigenvalue weighted by Gasteiger charge is 2.25. The molecule has 0 N–H and O–H groups in total. The number of nitrogens with zero attached hydrogens (tertiary/aromatic N) is 2. The van der Waals surface area contributed by atoms with Crippen molar-refractivity contribution in [1.82, 2.24) is 9.97 Å². The van der Waals surface area contributed by atoms with E-state index in [1.165, 1.54) is 30.6 Å². The van der Waals surface area contributed by atoms with E-state index in [1.807, 2.05) is 12.3 Å². The molecular formula is C15H20N2O3S2. The fraction of sp³-hybridized carbons (Fsp3) is 0.600. The average Bonchev–Trinajstić information content (AvgIpc) is 3.17. The van der Waals surface area contributed by atoms with Crippen LogP contribution in [-0.2, 0) is 22.0 Å². The minimum Gasteiger partial charge on any atom is -0.445 e. The summed E-state index contributed by atoms with van der Waals surface area (Å²) >= 11 is 1.21. The van der Waals surface area contributed by atoms with Gasteiger partial charge >= 0.3 is 0 Å². The second-order valence-corrected chi connectivity index (χ2v) is 8.73. The molecule has 1 fully saturated rings. The summed E-state index contributed by atoms with van der Waals surface area (Å²) in [5.41, 5.74) is 0.935. The molecule has 0 atom stereocenters. The Morgan fingerprint density at radius 3 is 2.77 bits per heavy atom. The van der Waals surface area contributed by atoms with E-state index in [4.69, 9.17) is 4.42 Å². The number of sulfone groups is 1. The van der Waals surface area contributed by atoms with Crippen LogP contribution in [0.25, 0.3) is 0 Å². The zero-order chi connectivity index (χ0) is 15.6. The first-order valence-corrected chi connectivity index (χ1v) is 10.2. The summed E-state index contributed by atoms with van der Waals surface area (Å²) in [6.07, 6.45) is 8.21. The summed E-state index contributed by atoms with van der Waals surface area (Å²) in [6.45, 7) is 1.94. The van der Waals surface area contributed by atoms with Gasteiger partial charge in [0.2, 0.25) is 20.1 Å². The maximum Gasteiger partial charge on any atom is 0.214 e. The molecule has 22 heavy (non-hydrogen) atoms. The first-order chi connectivity index (χ1) is 10.6. The molecule has 0 bridgehead atoms. The number of oxazole rings is 1. The Balaban J connectivity index is 1.75. The van der Waals surface area contributed by atoms with Crippen LogP contribution in [0, 0.1) is 0 Å². The predicted molar refractivity (Wildman–Crippen MR) is 84.7 cm³/mol. The molecule has 1 saturated carbocycles. The number of hydrogen-bond acceptors (Lipinski definition) is 6. The third-order valence-corrected chi connectivity index (χ3v) is 7.01. The Hall–Kier alpha value is -1.21. The highest BCUT2D eigenvalue weighted by molar-refractivity contribution is 7.92. The van der Waals surface area contributed by atoms with E-state index in [-0.39, 0.29) is 16.0 Å². The molecule has 0 amide bonds. The molecular weight excluding hydrogens is 320 g/mol. The summed E-state index contributed by atoms with van der Waals surface area (Å²) in [5.74, 6) is 1.14. The molecule has 0 aromatic carbocycles. The highest BCUT2D eigenvalue weighted by Crippen LogP contribution is 2.34. The van der Waals surface area contributed by atoms with E-state index in [2.05, 4.69) is 9.97 Å². The molecule has 7 heteroatoms. The fourth-order valence-electron chi connectivity index (χ4n) is 2.80. The minimum atomic E-state index is -3.47. The van der Waals surface area contributed by atoms with Gasteiger partial charge in [-0.05, 0) is 12.8 Å². The van der Waals surface area contributed by atoms with E-state index in [9.17, 15) is 8.42 Å². The first kappa shape index (κ1) is 15.7. The van der Waals surface area contributed by atoms with Crippen LogP contribution in [0.15, 0.2) is 20.3 Å². The average molecular weight is 340 g/mol. The molecule has 2 heterocycles. The number of thiazole rings is 1. The number of aryl methyl sites for hydroxylation is 1. The molecule has 120 valence electrons. The number of aromatic nitrogens is 2. The summed E-state index contributed by atoms with van der Waals surface area (Å²) in [7, 11) is -3.47. The number of hydrogen-bond donors (Lipinski definition) is 0. The topological polar surface area (TPSA) is 73.1 Å². The van der Waals surface area contributed by atoms with Gasteiger partial charge in [-0.25, -0.2) is 18.4 Å². The second-order valence-electron chi connectivity index (χ2n) is 5.71. The lowest BCUT2D eigenvalue weighted by molar-refractivity contribution is 0.436. The van der Waals surface area contributed by atoms with Gasteiger partial charge in [0.1, 0.15) is 11.5 Å². The smallest absolute Gasteiger partial charge is 0.214 e.